The Labute approximate surface area is 198 Å². The van der Waals surface area contributed by atoms with Crippen molar-refractivity contribution in [2.24, 2.45) is 0 Å². The van der Waals surface area contributed by atoms with Crippen LogP contribution in [0.2, 0.25) is 0 Å². The highest BCUT2D eigenvalue weighted by Crippen LogP contribution is 2.30. The number of carbonyl (C=O) groups is 2. The standard InChI is InChI=1S/C26H40N2O5/c1-2-18-31-20-24(27-26(30)32-19-21-12-6-3-7-13-21)25(29)33-28(22-14-8-4-9-15-22)23-16-10-5-11-17-23/h3,6-7,12-13,22-24H,2,4-5,8-11,14-20H2,1H3,(H,27,30)/t24-/m0/s1. The summed E-state index contributed by atoms with van der Waals surface area (Å²) in [5.74, 6) is -0.473. The largest absolute Gasteiger partial charge is 0.445 e. The van der Waals surface area contributed by atoms with Gasteiger partial charge in [-0.25, -0.2) is 9.59 Å². The lowest BCUT2D eigenvalue weighted by atomic mass is 9.90. The summed E-state index contributed by atoms with van der Waals surface area (Å²) in [5.41, 5.74) is 0.884. The van der Waals surface area contributed by atoms with Crippen molar-refractivity contribution in [1.29, 1.82) is 0 Å². The highest BCUT2D eigenvalue weighted by Gasteiger charge is 2.34. The third-order valence-electron chi connectivity index (χ3n) is 6.49. The van der Waals surface area contributed by atoms with E-state index in [1.54, 1.807) is 0 Å². The van der Waals surface area contributed by atoms with Crippen LogP contribution in [0.4, 0.5) is 4.79 Å². The van der Waals surface area contributed by atoms with Crippen LogP contribution in [0.1, 0.15) is 83.1 Å². The molecule has 1 aromatic rings. The van der Waals surface area contributed by atoms with E-state index in [-0.39, 0.29) is 25.3 Å². The van der Waals surface area contributed by atoms with Crippen molar-refractivity contribution in [3.63, 3.8) is 0 Å². The average molecular weight is 461 g/mol. The second-order valence-corrected chi connectivity index (χ2v) is 9.19. The van der Waals surface area contributed by atoms with E-state index in [9.17, 15) is 9.59 Å². The highest BCUT2D eigenvalue weighted by molar-refractivity contribution is 5.81. The second-order valence-electron chi connectivity index (χ2n) is 9.19. The summed E-state index contributed by atoms with van der Waals surface area (Å²) < 4.78 is 10.9. The van der Waals surface area contributed by atoms with Crippen molar-refractivity contribution in [1.82, 2.24) is 10.4 Å². The van der Waals surface area contributed by atoms with E-state index in [1.807, 2.05) is 42.3 Å². The van der Waals surface area contributed by atoms with Gasteiger partial charge in [0.05, 0.1) is 6.61 Å². The number of rotatable bonds is 11. The molecule has 7 heteroatoms. The summed E-state index contributed by atoms with van der Waals surface area (Å²) in [6.45, 7) is 2.72. The molecule has 1 N–H and O–H groups in total. The van der Waals surface area contributed by atoms with Crippen LogP contribution in [0.3, 0.4) is 0 Å². The lowest BCUT2D eigenvalue weighted by molar-refractivity contribution is -0.226. The van der Waals surface area contributed by atoms with Gasteiger partial charge in [-0.3, -0.25) is 0 Å². The minimum atomic E-state index is -0.908. The summed E-state index contributed by atoms with van der Waals surface area (Å²) in [6.07, 6.45) is 11.5. The normalized spacial score (nSPS) is 18.6. The fraction of sp³-hybridized carbons (Fsp3) is 0.692. The Morgan fingerprint density at radius 1 is 0.970 bits per heavy atom. The number of nitrogens with one attached hydrogen (secondary N) is 1. The number of nitrogens with zero attached hydrogens (tertiary/aromatic N) is 1. The van der Waals surface area contributed by atoms with Gasteiger partial charge in [0, 0.05) is 18.7 Å². The summed E-state index contributed by atoms with van der Waals surface area (Å²) in [5, 5.41) is 4.65. The molecular weight excluding hydrogens is 420 g/mol. The average Bonchev–Trinajstić information content (AvgIpc) is 2.87. The molecule has 0 heterocycles. The van der Waals surface area contributed by atoms with Gasteiger partial charge in [0.2, 0.25) is 0 Å². The van der Waals surface area contributed by atoms with Gasteiger partial charge in [-0.1, -0.05) is 75.8 Å². The first-order valence-electron chi connectivity index (χ1n) is 12.7. The van der Waals surface area contributed by atoms with Crippen LogP contribution in [-0.2, 0) is 25.7 Å². The molecule has 2 aliphatic carbocycles. The number of hydroxylamine groups is 2. The van der Waals surface area contributed by atoms with Crippen LogP contribution < -0.4 is 5.32 Å². The molecule has 2 saturated carbocycles. The van der Waals surface area contributed by atoms with Crippen molar-refractivity contribution < 1.29 is 23.9 Å². The molecule has 0 aromatic heterocycles. The Hall–Kier alpha value is -2.12. The predicted octanol–water partition coefficient (Wildman–Crippen LogP) is 5.13. The van der Waals surface area contributed by atoms with Gasteiger partial charge in [0.15, 0.2) is 6.04 Å². The monoisotopic (exact) mass is 460 g/mol. The number of carbonyl (C=O) groups excluding carboxylic acids is 2. The lowest BCUT2D eigenvalue weighted by Crippen LogP contribution is -2.51. The SMILES string of the molecule is CCCOC[C@H](NC(=O)OCc1ccccc1)C(=O)ON(C1CCCCC1)C1CCCCC1. The Kier molecular flexibility index (Phi) is 11.0. The first kappa shape index (κ1) is 25.5. The lowest BCUT2D eigenvalue weighted by Gasteiger charge is -2.40. The van der Waals surface area contributed by atoms with E-state index in [1.165, 1.54) is 38.5 Å². The van der Waals surface area contributed by atoms with E-state index in [2.05, 4.69) is 5.32 Å². The third kappa shape index (κ3) is 8.63. The molecule has 3 rings (SSSR count). The molecule has 2 aliphatic rings. The van der Waals surface area contributed by atoms with Crippen LogP contribution in [-0.4, -0.2) is 48.5 Å². The number of amides is 1. The smallest absolute Gasteiger partial charge is 0.408 e. The molecule has 0 aliphatic heterocycles. The first-order chi connectivity index (χ1) is 16.2. The van der Waals surface area contributed by atoms with Crippen molar-refractivity contribution >= 4 is 12.1 Å². The topological polar surface area (TPSA) is 77.1 Å². The first-order valence-corrected chi connectivity index (χ1v) is 12.7. The minimum Gasteiger partial charge on any atom is -0.445 e. The molecular formula is C26H40N2O5. The van der Waals surface area contributed by atoms with E-state index >= 15 is 0 Å². The Balaban J connectivity index is 1.61. The summed E-state index contributed by atoms with van der Waals surface area (Å²) in [6, 6.07) is 9.06. The van der Waals surface area contributed by atoms with E-state index in [0.717, 1.165) is 37.7 Å². The summed E-state index contributed by atoms with van der Waals surface area (Å²) in [7, 11) is 0. The summed E-state index contributed by atoms with van der Waals surface area (Å²) in [4.78, 5) is 31.7. The third-order valence-corrected chi connectivity index (χ3v) is 6.49. The molecule has 0 radical (unpaired) electrons. The maximum absolute atomic E-state index is 13.2. The van der Waals surface area contributed by atoms with Gasteiger partial charge in [0.1, 0.15) is 6.61 Å². The molecule has 7 nitrogen and oxygen atoms in total. The van der Waals surface area contributed by atoms with Gasteiger partial charge < -0.3 is 19.6 Å². The van der Waals surface area contributed by atoms with E-state index in [0.29, 0.717) is 6.61 Å². The second kappa shape index (κ2) is 14.2. The maximum atomic E-state index is 13.2. The number of ether oxygens (including phenoxy) is 2. The van der Waals surface area contributed by atoms with Gasteiger partial charge in [0.25, 0.3) is 0 Å². The number of hydrogen-bond donors (Lipinski definition) is 1. The molecule has 0 spiro atoms. The Morgan fingerprint density at radius 3 is 2.15 bits per heavy atom. The van der Waals surface area contributed by atoms with Crippen LogP contribution in [0.5, 0.6) is 0 Å². The molecule has 184 valence electrons. The van der Waals surface area contributed by atoms with Crippen LogP contribution in [0.25, 0.3) is 0 Å². The van der Waals surface area contributed by atoms with Crippen LogP contribution in [0, 0.1) is 0 Å². The number of hydrogen-bond acceptors (Lipinski definition) is 6. The molecule has 33 heavy (non-hydrogen) atoms. The van der Waals surface area contributed by atoms with Gasteiger partial charge >= 0.3 is 12.1 Å². The number of benzene rings is 1. The Morgan fingerprint density at radius 2 is 1.58 bits per heavy atom. The van der Waals surface area contributed by atoms with E-state index in [4.69, 9.17) is 14.3 Å². The molecule has 0 saturated heterocycles. The quantitative estimate of drug-likeness (QED) is 0.364. The zero-order valence-corrected chi connectivity index (χ0v) is 20.0. The van der Waals surface area contributed by atoms with Crippen molar-refractivity contribution in [3.05, 3.63) is 35.9 Å². The van der Waals surface area contributed by atoms with Gasteiger partial charge in [-0.15, -0.1) is 5.06 Å². The highest BCUT2D eigenvalue weighted by atomic mass is 16.7. The molecule has 1 atom stereocenters. The minimum absolute atomic E-state index is 0.0658. The summed E-state index contributed by atoms with van der Waals surface area (Å²) >= 11 is 0. The predicted molar refractivity (Wildman–Crippen MR) is 126 cm³/mol. The van der Waals surface area contributed by atoms with Crippen LogP contribution >= 0.6 is 0 Å². The fourth-order valence-electron chi connectivity index (χ4n) is 4.71. The number of alkyl carbamates (subject to hydrolysis) is 1. The van der Waals surface area contributed by atoms with Crippen molar-refractivity contribution in [2.45, 2.75) is 102 Å². The molecule has 0 unspecified atom stereocenters. The zero-order chi connectivity index (χ0) is 23.3. The zero-order valence-electron chi connectivity index (χ0n) is 20.0. The molecule has 1 aromatic carbocycles. The molecule has 2 fully saturated rings. The van der Waals surface area contributed by atoms with Crippen molar-refractivity contribution in [2.75, 3.05) is 13.2 Å². The van der Waals surface area contributed by atoms with E-state index < -0.39 is 18.1 Å². The molecule has 1 amide bonds. The fourth-order valence-corrected chi connectivity index (χ4v) is 4.71. The van der Waals surface area contributed by atoms with Crippen LogP contribution in [0.15, 0.2) is 30.3 Å². The maximum Gasteiger partial charge on any atom is 0.408 e. The molecule has 0 bridgehead atoms. The Bertz CT molecular complexity index is 684. The van der Waals surface area contributed by atoms with Crippen molar-refractivity contribution in [3.8, 4) is 0 Å². The van der Waals surface area contributed by atoms with Gasteiger partial charge in [-0.2, -0.15) is 0 Å². The van der Waals surface area contributed by atoms with Gasteiger partial charge in [-0.05, 0) is 37.7 Å².